The molecular weight excluding hydrogens is 297 g/mol. The summed E-state index contributed by atoms with van der Waals surface area (Å²) >= 11 is 0. The minimum absolute atomic E-state index is 0.144. The van der Waals surface area contributed by atoms with Crippen molar-refractivity contribution in [1.29, 1.82) is 0 Å². The summed E-state index contributed by atoms with van der Waals surface area (Å²) < 4.78 is 23.4. The lowest BCUT2D eigenvalue weighted by Crippen LogP contribution is -2.28. The molecule has 0 aromatic heterocycles. The van der Waals surface area contributed by atoms with E-state index in [9.17, 15) is 9.18 Å². The lowest BCUT2D eigenvalue weighted by atomic mass is 10.1. The first-order valence-corrected chi connectivity index (χ1v) is 7.29. The van der Waals surface area contributed by atoms with Crippen LogP contribution >= 0.6 is 0 Å². The number of benzene rings is 2. The molecule has 0 heterocycles. The summed E-state index contributed by atoms with van der Waals surface area (Å²) in [5, 5.41) is 2.92. The molecular formula is C18H20FNO3. The molecule has 0 saturated heterocycles. The van der Waals surface area contributed by atoms with Crippen molar-refractivity contribution in [3.05, 3.63) is 59.4 Å². The molecule has 0 radical (unpaired) electrons. The quantitative estimate of drug-likeness (QED) is 0.889. The second-order valence-electron chi connectivity index (χ2n) is 5.20. The third-order valence-corrected chi connectivity index (χ3v) is 3.56. The fourth-order valence-electron chi connectivity index (χ4n) is 2.34. The van der Waals surface area contributed by atoms with Gasteiger partial charge in [-0.1, -0.05) is 12.1 Å². The number of carbonyl (C=O) groups excluding carboxylic acids is 1. The Morgan fingerprint density at radius 2 is 1.83 bits per heavy atom. The topological polar surface area (TPSA) is 47.6 Å². The summed E-state index contributed by atoms with van der Waals surface area (Å²) in [4.78, 5) is 12.2. The van der Waals surface area contributed by atoms with Gasteiger partial charge in [-0.3, -0.25) is 4.79 Å². The van der Waals surface area contributed by atoms with E-state index in [0.29, 0.717) is 11.5 Å². The maximum atomic E-state index is 12.9. The molecule has 1 atom stereocenters. The molecule has 1 N–H and O–H groups in total. The van der Waals surface area contributed by atoms with Crippen molar-refractivity contribution in [1.82, 2.24) is 5.32 Å². The molecule has 2 aromatic carbocycles. The number of ether oxygens (including phenoxy) is 2. The number of carbonyl (C=O) groups is 1. The van der Waals surface area contributed by atoms with Crippen LogP contribution in [0.4, 0.5) is 4.39 Å². The molecule has 0 spiro atoms. The number of rotatable bonds is 6. The maximum absolute atomic E-state index is 12.9. The number of halogens is 1. The van der Waals surface area contributed by atoms with Gasteiger partial charge in [0.25, 0.3) is 0 Å². The predicted octanol–water partition coefficient (Wildman–Crippen LogP) is 3.26. The van der Waals surface area contributed by atoms with Gasteiger partial charge in [0.15, 0.2) is 0 Å². The molecule has 0 unspecified atom stereocenters. The van der Waals surface area contributed by atoms with E-state index in [1.165, 1.54) is 12.1 Å². The number of nitrogens with one attached hydrogen (secondary N) is 1. The van der Waals surface area contributed by atoms with E-state index in [1.54, 1.807) is 38.5 Å². The summed E-state index contributed by atoms with van der Waals surface area (Å²) in [7, 11) is 3.17. The molecule has 0 saturated carbocycles. The Labute approximate surface area is 135 Å². The third-order valence-electron chi connectivity index (χ3n) is 3.56. The van der Waals surface area contributed by atoms with Gasteiger partial charge in [-0.05, 0) is 42.8 Å². The normalized spacial score (nSPS) is 11.7. The number of methoxy groups -OCH3 is 2. The van der Waals surface area contributed by atoms with Gasteiger partial charge in [-0.25, -0.2) is 4.39 Å². The van der Waals surface area contributed by atoms with Crippen LogP contribution in [0.3, 0.4) is 0 Å². The SMILES string of the molecule is COc1ccc(OC)c([C@@H](C)NC(=O)Cc2ccc(F)cc2)c1. The van der Waals surface area contributed by atoms with Crippen LogP contribution in [-0.4, -0.2) is 20.1 Å². The van der Waals surface area contributed by atoms with Gasteiger partial charge >= 0.3 is 0 Å². The Morgan fingerprint density at radius 3 is 2.43 bits per heavy atom. The van der Waals surface area contributed by atoms with Crippen molar-refractivity contribution in [3.63, 3.8) is 0 Å². The largest absolute Gasteiger partial charge is 0.497 e. The van der Waals surface area contributed by atoms with Crippen molar-refractivity contribution < 1.29 is 18.7 Å². The number of hydrogen-bond acceptors (Lipinski definition) is 3. The zero-order chi connectivity index (χ0) is 16.8. The Balaban J connectivity index is 2.07. The fraction of sp³-hybridized carbons (Fsp3) is 0.278. The molecule has 2 aromatic rings. The van der Waals surface area contributed by atoms with Crippen molar-refractivity contribution >= 4 is 5.91 Å². The highest BCUT2D eigenvalue weighted by molar-refractivity contribution is 5.79. The van der Waals surface area contributed by atoms with Gasteiger partial charge in [-0.15, -0.1) is 0 Å². The molecule has 122 valence electrons. The predicted molar refractivity (Wildman–Crippen MR) is 86.2 cm³/mol. The van der Waals surface area contributed by atoms with Gasteiger partial charge in [0.2, 0.25) is 5.91 Å². The van der Waals surface area contributed by atoms with E-state index in [1.807, 2.05) is 13.0 Å². The zero-order valence-electron chi connectivity index (χ0n) is 13.4. The van der Waals surface area contributed by atoms with Gasteiger partial charge in [0.05, 0.1) is 26.7 Å². The van der Waals surface area contributed by atoms with Gasteiger partial charge in [0, 0.05) is 5.56 Å². The lowest BCUT2D eigenvalue weighted by Gasteiger charge is -2.18. The monoisotopic (exact) mass is 317 g/mol. The van der Waals surface area contributed by atoms with Crippen LogP contribution in [0, 0.1) is 5.82 Å². The van der Waals surface area contributed by atoms with Gasteiger partial charge < -0.3 is 14.8 Å². The van der Waals surface area contributed by atoms with Crippen LogP contribution in [0.5, 0.6) is 11.5 Å². The molecule has 4 nitrogen and oxygen atoms in total. The molecule has 2 rings (SSSR count). The Kier molecular flexibility index (Phi) is 5.57. The van der Waals surface area contributed by atoms with E-state index >= 15 is 0 Å². The maximum Gasteiger partial charge on any atom is 0.224 e. The lowest BCUT2D eigenvalue weighted by molar-refractivity contribution is -0.121. The van der Waals surface area contributed by atoms with E-state index < -0.39 is 0 Å². The van der Waals surface area contributed by atoms with E-state index in [2.05, 4.69) is 5.32 Å². The summed E-state index contributed by atoms with van der Waals surface area (Å²) in [5.74, 6) is 0.915. The van der Waals surface area contributed by atoms with Crippen LogP contribution in [0.15, 0.2) is 42.5 Å². The van der Waals surface area contributed by atoms with E-state index in [4.69, 9.17) is 9.47 Å². The van der Waals surface area contributed by atoms with Gasteiger partial charge in [-0.2, -0.15) is 0 Å². The van der Waals surface area contributed by atoms with E-state index in [0.717, 1.165) is 11.1 Å². The van der Waals surface area contributed by atoms with E-state index in [-0.39, 0.29) is 24.2 Å². The molecule has 5 heteroatoms. The summed E-state index contributed by atoms with van der Waals surface area (Å²) in [6, 6.07) is 11.1. The minimum Gasteiger partial charge on any atom is -0.497 e. The van der Waals surface area contributed by atoms with Crippen LogP contribution in [-0.2, 0) is 11.2 Å². The molecule has 0 aliphatic heterocycles. The molecule has 0 bridgehead atoms. The van der Waals surface area contributed by atoms with Crippen LogP contribution < -0.4 is 14.8 Å². The third kappa shape index (κ3) is 4.45. The highest BCUT2D eigenvalue weighted by atomic mass is 19.1. The smallest absolute Gasteiger partial charge is 0.224 e. The molecule has 1 amide bonds. The standard InChI is InChI=1S/C18H20FNO3/c1-12(16-11-15(22-2)8-9-17(16)23-3)20-18(21)10-13-4-6-14(19)7-5-13/h4-9,11-12H,10H2,1-3H3,(H,20,21)/t12-/m1/s1. The number of amides is 1. The molecule has 0 aliphatic carbocycles. The highest BCUT2D eigenvalue weighted by Gasteiger charge is 2.15. The Morgan fingerprint density at radius 1 is 1.13 bits per heavy atom. The van der Waals surface area contributed by atoms with Crippen LogP contribution in [0.25, 0.3) is 0 Å². The second kappa shape index (κ2) is 7.63. The first-order chi connectivity index (χ1) is 11.0. The summed E-state index contributed by atoms with van der Waals surface area (Å²) in [6.45, 7) is 1.87. The molecule has 0 aliphatic rings. The summed E-state index contributed by atoms with van der Waals surface area (Å²) in [5.41, 5.74) is 1.59. The van der Waals surface area contributed by atoms with Crippen LogP contribution in [0.2, 0.25) is 0 Å². The Bertz CT molecular complexity index is 670. The highest BCUT2D eigenvalue weighted by Crippen LogP contribution is 2.29. The summed E-state index contributed by atoms with van der Waals surface area (Å²) in [6.07, 6.45) is 0.191. The van der Waals surface area contributed by atoms with Crippen molar-refractivity contribution in [3.8, 4) is 11.5 Å². The fourth-order valence-corrected chi connectivity index (χ4v) is 2.34. The van der Waals surface area contributed by atoms with Gasteiger partial charge in [0.1, 0.15) is 17.3 Å². The zero-order valence-corrected chi connectivity index (χ0v) is 13.4. The molecule has 23 heavy (non-hydrogen) atoms. The first kappa shape index (κ1) is 16.8. The second-order valence-corrected chi connectivity index (χ2v) is 5.20. The molecule has 0 fully saturated rings. The minimum atomic E-state index is -0.316. The van der Waals surface area contributed by atoms with Crippen molar-refractivity contribution in [2.45, 2.75) is 19.4 Å². The first-order valence-electron chi connectivity index (χ1n) is 7.29. The number of hydrogen-bond donors (Lipinski definition) is 1. The van der Waals surface area contributed by atoms with Crippen LogP contribution in [0.1, 0.15) is 24.1 Å². The van der Waals surface area contributed by atoms with Crippen molar-refractivity contribution in [2.24, 2.45) is 0 Å². The Hall–Kier alpha value is -2.56. The average Bonchev–Trinajstić information content (AvgIpc) is 2.56. The van der Waals surface area contributed by atoms with Crippen molar-refractivity contribution in [2.75, 3.05) is 14.2 Å². The average molecular weight is 317 g/mol.